The molecular formula is C26H45N3O9. The van der Waals surface area contributed by atoms with Gasteiger partial charge in [0.2, 0.25) is 0 Å². The fourth-order valence-corrected chi connectivity index (χ4v) is 2.89. The van der Waals surface area contributed by atoms with Crippen LogP contribution in [0.4, 0.5) is 9.59 Å². The van der Waals surface area contributed by atoms with Crippen molar-refractivity contribution in [2.24, 2.45) is 11.8 Å². The van der Waals surface area contributed by atoms with Gasteiger partial charge in [0.1, 0.15) is 23.3 Å². The first kappa shape index (κ1) is 34.8. The van der Waals surface area contributed by atoms with E-state index in [9.17, 15) is 24.0 Å². The van der Waals surface area contributed by atoms with Crippen LogP contribution in [0.15, 0.2) is 0 Å². The zero-order valence-corrected chi connectivity index (χ0v) is 24.3. The number of carbonyl (C=O) groups is 5. The minimum atomic E-state index is -1.12. The van der Waals surface area contributed by atoms with Crippen molar-refractivity contribution in [3.63, 3.8) is 0 Å². The average Bonchev–Trinajstić information content (AvgIpc) is 2.76. The highest BCUT2D eigenvalue weighted by molar-refractivity contribution is 5.94. The molecule has 38 heavy (non-hydrogen) atoms. The van der Waals surface area contributed by atoms with Crippen LogP contribution in [-0.2, 0) is 33.3 Å². The Bertz CT molecular complexity index is 789. The SMILES string of the molecule is CCC(C)C(NC(=O)OC(C)(C)C)C(=O)OC(=N)CCC(=O)OC(=O)C(NC(=O)OC(C)(C)C)C(C)CC. The van der Waals surface area contributed by atoms with Gasteiger partial charge in [0.05, 0.1) is 6.42 Å². The van der Waals surface area contributed by atoms with E-state index in [1.165, 1.54) is 0 Å². The van der Waals surface area contributed by atoms with Crippen molar-refractivity contribution >= 4 is 36.0 Å². The third-order valence-corrected chi connectivity index (χ3v) is 5.27. The van der Waals surface area contributed by atoms with E-state index in [0.29, 0.717) is 12.8 Å². The van der Waals surface area contributed by atoms with E-state index in [1.807, 2.05) is 13.8 Å². The van der Waals surface area contributed by atoms with E-state index in [0.717, 1.165) is 0 Å². The van der Waals surface area contributed by atoms with Crippen molar-refractivity contribution in [1.82, 2.24) is 10.6 Å². The number of nitrogens with one attached hydrogen (secondary N) is 3. The molecular weight excluding hydrogens is 498 g/mol. The second-order valence-corrected chi connectivity index (χ2v) is 11.2. The normalized spacial score (nSPS) is 14.7. The molecule has 3 N–H and O–H groups in total. The Labute approximate surface area is 225 Å². The van der Waals surface area contributed by atoms with Crippen molar-refractivity contribution < 1.29 is 42.9 Å². The Morgan fingerprint density at radius 2 is 1.05 bits per heavy atom. The zero-order chi connectivity index (χ0) is 29.8. The first-order chi connectivity index (χ1) is 17.3. The van der Waals surface area contributed by atoms with Crippen LogP contribution in [0.25, 0.3) is 0 Å². The molecule has 0 fully saturated rings. The summed E-state index contributed by atoms with van der Waals surface area (Å²) in [7, 11) is 0. The van der Waals surface area contributed by atoms with E-state index < -0.39 is 65.7 Å². The summed E-state index contributed by atoms with van der Waals surface area (Å²) in [4.78, 5) is 61.7. The molecule has 0 aliphatic rings. The predicted molar refractivity (Wildman–Crippen MR) is 139 cm³/mol. The van der Waals surface area contributed by atoms with Crippen LogP contribution in [0.5, 0.6) is 0 Å². The minimum Gasteiger partial charge on any atom is -0.444 e. The molecule has 4 atom stereocenters. The average molecular weight is 544 g/mol. The molecule has 0 aromatic carbocycles. The van der Waals surface area contributed by atoms with E-state index in [2.05, 4.69) is 10.6 Å². The fraction of sp³-hybridized carbons (Fsp3) is 0.769. The minimum absolute atomic E-state index is 0.319. The number of hydrogen-bond donors (Lipinski definition) is 3. The van der Waals surface area contributed by atoms with Crippen LogP contribution in [0, 0.1) is 17.2 Å². The quantitative estimate of drug-likeness (QED) is 0.113. The van der Waals surface area contributed by atoms with Gasteiger partial charge in [-0.15, -0.1) is 0 Å². The number of amides is 2. The highest BCUT2D eigenvalue weighted by Gasteiger charge is 2.32. The molecule has 0 rings (SSSR count). The van der Waals surface area contributed by atoms with Gasteiger partial charge in [0.25, 0.3) is 0 Å². The maximum absolute atomic E-state index is 12.6. The van der Waals surface area contributed by atoms with Crippen molar-refractivity contribution in [2.75, 3.05) is 0 Å². The van der Waals surface area contributed by atoms with E-state index >= 15 is 0 Å². The Balaban J connectivity index is 5.02. The largest absolute Gasteiger partial charge is 0.444 e. The highest BCUT2D eigenvalue weighted by Crippen LogP contribution is 2.15. The van der Waals surface area contributed by atoms with Gasteiger partial charge >= 0.3 is 30.1 Å². The molecule has 12 nitrogen and oxygen atoms in total. The fourth-order valence-electron chi connectivity index (χ4n) is 2.89. The molecule has 2 amide bonds. The summed E-state index contributed by atoms with van der Waals surface area (Å²) in [6, 6.07) is -2.19. The van der Waals surface area contributed by atoms with Gasteiger partial charge in [-0.05, 0) is 53.4 Å². The van der Waals surface area contributed by atoms with Crippen molar-refractivity contribution in [3.05, 3.63) is 0 Å². The summed E-state index contributed by atoms with van der Waals surface area (Å²) in [5.41, 5.74) is -1.55. The number of alkyl carbamates (subject to hydrolysis) is 2. The lowest BCUT2D eigenvalue weighted by Crippen LogP contribution is -2.48. The molecule has 0 aromatic heterocycles. The Hall–Kier alpha value is -3.18. The molecule has 0 saturated carbocycles. The molecule has 0 radical (unpaired) electrons. The van der Waals surface area contributed by atoms with Gasteiger partial charge in [-0.2, -0.15) is 0 Å². The summed E-state index contributed by atoms with van der Waals surface area (Å²) < 4.78 is 20.3. The molecule has 0 aliphatic heterocycles. The monoisotopic (exact) mass is 543 g/mol. The van der Waals surface area contributed by atoms with Crippen LogP contribution in [0.1, 0.15) is 94.9 Å². The number of carbonyl (C=O) groups excluding carboxylic acids is 5. The summed E-state index contributed by atoms with van der Waals surface area (Å²) in [6.07, 6.45) is -1.33. The first-order valence-electron chi connectivity index (χ1n) is 12.8. The van der Waals surface area contributed by atoms with Gasteiger partial charge < -0.3 is 29.6 Å². The maximum Gasteiger partial charge on any atom is 0.408 e. The lowest BCUT2D eigenvalue weighted by Gasteiger charge is -2.25. The van der Waals surface area contributed by atoms with Crippen LogP contribution in [0.2, 0.25) is 0 Å². The van der Waals surface area contributed by atoms with E-state index in [-0.39, 0.29) is 18.3 Å². The van der Waals surface area contributed by atoms with E-state index in [4.69, 9.17) is 24.4 Å². The molecule has 0 aliphatic carbocycles. The van der Waals surface area contributed by atoms with Crippen LogP contribution >= 0.6 is 0 Å². The molecule has 0 bridgehead atoms. The molecule has 0 spiro atoms. The lowest BCUT2D eigenvalue weighted by atomic mass is 9.99. The second kappa shape index (κ2) is 15.3. The topological polar surface area (TPSA) is 170 Å². The zero-order valence-electron chi connectivity index (χ0n) is 24.3. The Morgan fingerprint density at radius 3 is 1.39 bits per heavy atom. The van der Waals surface area contributed by atoms with Crippen LogP contribution in [0.3, 0.4) is 0 Å². The van der Waals surface area contributed by atoms with Crippen molar-refractivity contribution in [2.45, 2.75) is 118 Å². The molecule has 0 aromatic rings. The van der Waals surface area contributed by atoms with Crippen molar-refractivity contribution in [3.8, 4) is 0 Å². The highest BCUT2D eigenvalue weighted by atomic mass is 16.6. The molecule has 0 heterocycles. The third-order valence-electron chi connectivity index (χ3n) is 5.27. The van der Waals surface area contributed by atoms with E-state index in [1.54, 1.807) is 55.4 Å². The van der Waals surface area contributed by atoms with Gasteiger partial charge in [-0.25, -0.2) is 19.2 Å². The number of rotatable bonds is 11. The van der Waals surface area contributed by atoms with Crippen LogP contribution in [-0.4, -0.2) is 59.3 Å². The molecule has 4 unspecified atom stereocenters. The van der Waals surface area contributed by atoms with Gasteiger partial charge in [0.15, 0.2) is 5.90 Å². The van der Waals surface area contributed by atoms with Gasteiger partial charge in [-0.3, -0.25) is 10.2 Å². The summed E-state index contributed by atoms with van der Waals surface area (Å²) in [5.74, 6) is -4.00. The summed E-state index contributed by atoms with van der Waals surface area (Å²) in [6.45, 7) is 17.1. The smallest absolute Gasteiger partial charge is 0.408 e. The maximum atomic E-state index is 12.6. The molecule has 0 saturated heterocycles. The van der Waals surface area contributed by atoms with Crippen LogP contribution < -0.4 is 10.6 Å². The first-order valence-corrected chi connectivity index (χ1v) is 12.8. The molecule has 12 heteroatoms. The van der Waals surface area contributed by atoms with Gasteiger partial charge in [0, 0.05) is 6.42 Å². The number of esters is 3. The summed E-state index contributed by atoms with van der Waals surface area (Å²) >= 11 is 0. The lowest BCUT2D eigenvalue weighted by molar-refractivity contribution is -0.162. The standard InChI is InChI=1S/C26H45N3O9/c1-11-15(3)19(28-23(33)37-25(5,6)7)21(31)35-17(27)13-14-18(30)36-22(32)20(16(4)12-2)29-24(34)38-26(8,9)10/h15-16,19-20,27H,11-14H2,1-10H3,(H,28,33)(H,29,34). The Kier molecular flexibility index (Phi) is 14.0. The Morgan fingerprint density at radius 1 is 0.684 bits per heavy atom. The second-order valence-electron chi connectivity index (χ2n) is 11.2. The number of ether oxygens (including phenoxy) is 4. The van der Waals surface area contributed by atoms with Gasteiger partial charge in [-0.1, -0.05) is 40.5 Å². The predicted octanol–water partition coefficient (Wildman–Crippen LogP) is 4.24. The van der Waals surface area contributed by atoms with Crippen molar-refractivity contribution in [1.29, 1.82) is 5.41 Å². The molecule has 218 valence electrons. The number of hydrogen-bond acceptors (Lipinski definition) is 10. The summed E-state index contributed by atoms with van der Waals surface area (Å²) in [5, 5.41) is 12.8. The third kappa shape index (κ3) is 14.5.